The number of ether oxygens (including phenoxy) is 1. The molecular formula is C22H23FN4O3. The fourth-order valence-electron chi connectivity index (χ4n) is 3.72. The third kappa shape index (κ3) is 4.55. The number of amides is 1. The van der Waals surface area contributed by atoms with E-state index in [1.807, 2.05) is 6.07 Å². The minimum absolute atomic E-state index is 0.0961. The Morgan fingerprint density at radius 3 is 2.63 bits per heavy atom. The molecule has 1 aliphatic heterocycles. The van der Waals surface area contributed by atoms with Crippen LogP contribution in [0.5, 0.6) is 0 Å². The molecule has 2 aromatic carbocycles. The predicted molar refractivity (Wildman–Crippen MR) is 111 cm³/mol. The number of benzene rings is 2. The maximum atomic E-state index is 13.4. The molecule has 0 bridgehead atoms. The highest BCUT2D eigenvalue weighted by atomic mass is 19.1. The minimum Gasteiger partial charge on any atom is -0.379 e. The van der Waals surface area contributed by atoms with Gasteiger partial charge in [-0.2, -0.15) is 0 Å². The number of nitrogens with one attached hydrogen (secondary N) is 1. The number of hydrogen-bond donors (Lipinski definition) is 1. The highest BCUT2D eigenvalue weighted by Crippen LogP contribution is 2.21. The van der Waals surface area contributed by atoms with E-state index >= 15 is 0 Å². The van der Waals surface area contributed by atoms with E-state index in [9.17, 15) is 14.0 Å². The summed E-state index contributed by atoms with van der Waals surface area (Å²) in [5, 5.41) is 2.94. The van der Waals surface area contributed by atoms with Gasteiger partial charge in [-0.15, -0.1) is 0 Å². The van der Waals surface area contributed by atoms with E-state index in [2.05, 4.69) is 15.2 Å². The monoisotopic (exact) mass is 410 g/mol. The summed E-state index contributed by atoms with van der Waals surface area (Å²) in [6, 6.07) is 13.4. The van der Waals surface area contributed by atoms with E-state index in [1.54, 1.807) is 30.3 Å². The van der Waals surface area contributed by atoms with Crippen LogP contribution in [0, 0.1) is 5.82 Å². The zero-order valence-corrected chi connectivity index (χ0v) is 16.5. The first kappa shape index (κ1) is 20.2. The number of fused-ring (bicyclic) bond motifs is 1. The summed E-state index contributed by atoms with van der Waals surface area (Å²) in [5.41, 5.74) is 1.86. The smallest absolute Gasteiger partial charge is 0.269 e. The SMILES string of the molecule is O=C(Cn1c(=O)cnc2ccccc21)NCC(c1ccc(F)cc1)N1CCOCC1. The summed E-state index contributed by atoms with van der Waals surface area (Å²) < 4.78 is 20.2. The van der Waals surface area contributed by atoms with Gasteiger partial charge in [-0.05, 0) is 29.8 Å². The standard InChI is InChI=1S/C22H23FN4O3/c23-17-7-5-16(6-8-17)20(26-9-11-30-12-10-26)13-25-21(28)15-27-19-4-2-1-3-18(19)24-14-22(27)29/h1-8,14,20H,9-13,15H2,(H,25,28). The number of morpholine rings is 1. The molecule has 0 aliphatic carbocycles. The molecule has 2 heterocycles. The fourth-order valence-corrected chi connectivity index (χ4v) is 3.72. The van der Waals surface area contributed by atoms with Crippen LogP contribution in [0.25, 0.3) is 11.0 Å². The summed E-state index contributed by atoms with van der Waals surface area (Å²) in [7, 11) is 0. The van der Waals surface area contributed by atoms with Gasteiger partial charge < -0.3 is 10.1 Å². The second-order valence-corrected chi connectivity index (χ2v) is 7.19. The van der Waals surface area contributed by atoms with Gasteiger partial charge >= 0.3 is 0 Å². The number of rotatable bonds is 6. The molecule has 1 saturated heterocycles. The van der Waals surface area contributed by atoms with Gasteiger partial charge in [0.1, 0.15) is 12.4 Å². The Labute approximate surface area is 173 Å². The lowest BCUT2D eigenvalue weighted by atomic mass is 10.0. The van der Waals surface area contributed by atoms with Crippen LogP contribution in [0.4, 0.5) is 4.39 Å². The second kappa shape index (κ2) is 9.15. The molecule has 1 fully saturated rings. The van der Waals surface area contributed by atoms with Gasteiger partial charge in [0, 0.05) is 19.6 Å². The maximum Gasteiger partial charge on any atom is 0.269 e. The molecule has 0 radical (unpaired) electrons. The number of hydrogen-bond acceptors (Lipinski definition) is 5. The van der Waals surface area contributed by atoms with Crippen LogP contribution in [0.2, 0.25) is 0 Å². The average molecular weight is 410 g/mol. The fraction of sp³-hybridized carbons (Fsp3) is 0.318. The molecule has 30 heavy (non-hydrogen) atoms. The predicted octanol–water partition coefficient (Wildman–Crippen LogP) is 1.73. The molecule has 1 amide bonds. The Bertz CT molecular complexity index is 1080. The largest absolute Gasteiger partial charge is 0.379 e. The Hall–Kier alpha value is -3.10. The Morgan fingerprint density at radius 2 is 1.87 bits per heavy atom. The van der Waals surface area contributed by atoms with E-state index in [0.717, 1.165) is 18.7 Å². The van der Waals surface area contributed by atoms with Gasteiger partial charge in [0.15, 0.2) is 0 Å². The van der Waals surface area contributed by atoms with Crippen LogP contribution in [0.15, 0.2) is 59.5 Å². The summed E-state index contributed by atoms with van der Waals surface area (Å²) in [6.07, 6.45) is 1.23. The van der Waals surface area contributed by atoms with Crippen molar-refractivity contribution in [3.63, 3.8) is 0 Å². The van der Waals surface area contributed by atoms with Crippen molar-refractivity contribution in [3.8, 4) is 0 Å². The number of carbonyl (C=O) groups excluding carboxylic acids is 1. The summed E-state index contributed by atoms with van der Waals surface area (Å²) in [5.74, 6) is -0.568. The topological polar surface area (TPSA) is 76.5 Å². The van der Waals surface area contributed by atoms with E-state index in [1.165, 1.54) is 22.9 Å². The van der Waals surface area contributed by atoms with Crippen LogP contribution >= 0.6 is 0 Å². The van der Waals surface area contributed by atoms with E-state index in [0.29, 0.717) is 30.8 Å². The number of halogens is 1. The molecule has 1 atom stereocenters. The minimum atomic E-state index is -0.327. The Kier molecular flexibility index (Phi) is 6.15. The summed E-state index contributed by atoms with van der Waals surface area (Å²) in [6.45, 7) is 2.94. The molecule has 156 valence electrons. The van der Waals surface area contributed by atoms with E-state index in [4.69, 9.17) is 4.74 Å². The first-order chi connectivity index (χ1) is 14.6. The lowest BCUT2D eigenvalue weighted by molar-refractivity contribution is -0.122. The van der Waals surface area contributed by atoms with Gasteiger partial charge in [-0.3, -0.25) is 19.1 Å². The first-order valence-corrected chi connectivity index (χ1v) is 9.90. The Morgan fingerprint density at radius 1 is 1.13 bits per heavy atom. The lowest BCUT2D eigenvalue weighted by Crippen LogP contribution is -2.44. The van der Waals surface area contributed by atoms with Crippen LogP contribution in [-0.4, -0.2) is 53.2 Å². The van der Waals surface area contributed by atoms with E-state index in [-0.39, 0.29) is 29.9 Å². The molecule has 1 unspecified atom stereocenters. The zero-order chi connectivity index (χ0) is 20.9. The summed E-state index contributed by atoms with van der Waals surface area (Å²) in [4.78, 5) is 31.3. The molecule has 1 N–H and O–H groups in total. The van der Waals surface area contributed by atoms with Crippen molar-refractivity contribution in [2.75, 3.05) is 32.8 Å². The highest BCUT2D eigenvalue weighted by molar-refractivity contribution is 5.79. The first-order valence-electron chi connectivity index (χ1n) is 9.90. The van der Waals surface area contributed by atoms with Crippen molar-refractivity contribution in [1.29, 1.82) is 0 Å². The molecule has 1 aromatic heterocycles. The number of nitrogens with zero attached hydrogens (tertiary/aromatic N) is 3. The van der Waals surface area contributed by atoms with Gasteiger partial charge in [0.2, 0.25) is 5.91 Å². The maximum absolute atomic E-state index is 13.4. The van der Waals surface area contributed by atoms with Crippen LogP contribution in [0.3, 0.4) is 0 Å². The second-order valence-electron chi connectivity index (χ2n) is 7.19. The molecule has 4 rings (SSSR count). The van der Waals surface area contributed by atoms with Crippen molar-refractivity contribution < 1.29 is 13.9 Å². The zero-order valence-electron chi connectivity index (χ0n) is 16.5. The van der Waals surface area contributed by atoms with E-state index < -0.39 is 0 Å². The molecule has 7 nitrogen and oxygen atoms in total. The number of carbonyl (C=O) groups is 1. The molecular weight excluding hydrogens is 387 g/mol. The normalized spacial score (nSPS) is 15.8. The van der Waals surface area contributed by atoms with Crippen LogP contribution in [0.1, 0.15) is 11.6 Å². The van der Waals surface area contributed by atoms with Crippen molar-refractivity contribution in [3.05, 3.63) is 76.5 Å². The van der Waals surface area contributed by atoms with Crippen molar-refractivity contribution >= 4 is 16.9 Å². The molecule has 8 heteroatoms. The van der Waals surface area contributed by atoms with Gasteiger partial charge in [0.05, 0.1) is 36.5 Å². The summed E-state index contributed by atoms with van der Waals surface area (Å²) >= 11 is 0. The molecule has 0 spiro atoms. The highest BCUT2D eigenvalue weighted by Gasteiger charge is 2.23. The molecule has 1 aliphatic rings. The quantitative estimate of drug-likeness (QED) is 0.670. The van der Waals surface area contributed by atoms with Crippen molar-refractivity contribution in [1.82, 2.24) is 19.8 Å². The third-order valence-electron chi connectivity index (χ3n) is 5.29. The Balaban J connectivity index is 1.49. The lowest BCUT2D eigenvalue weighted by Gasteiger charge is -2.35. The average Bonchev–Trinajstić information content (AvgIpc) is 2.78. The number of aromatic nitrogens is 2. The van der Waals surface area contributed by atoms with Crippen molar-refractivity contribution in [2.24, 2.45) is 0 Å². The van der Waals surface area contributed by atoms with Crippen LogP contribution < -0.4 is 10.9 Å². The third-order valence-corrected chi connectivity index (χ3v) is 5.29. The van der Waals surface area contributed by atoms with Gasteiger partial charge in [-0.25, -0.2) is 9.37 Å². The van der Waals surface area contributed by atoms with Crippen LogP contribution in [-0.2, 0) is 16.1 Å². The number of para-hydroxylation sites is 2. The van der Waals surface area contributed by atoms with Gasteiger partial charge in [0.25, 0.3) is 5.56 Å². The van der Waals surface area contributed by atoms with Gasteiger partial charge in [-0.1, -0.05) is 24.3 Å². The molecule has 0 saturated carbocycles. The molecule has 3 aromatic rings. The van der Waals surface area contributed by atoms with Crippen molar-refractivity contribution in [2.45, 2.75) is 12.6 Å².